The molecule has 2 aromatic heterocycles. The number of aromatic amines is 1. The molecule has 0 aliphatic rings. The van der Waals surface area contributed by atoms with Gasteiger partial charge in [-0.1, -0.05) is 30.3 Å². The zero-order valence-electron chi connectivity index (χ0n) is 13.9. The van der Waals surface area contributed by atoms with Gasteiger partial charge in [-0.15, -0.1) is 0 Å². The van der Waals surface area contributed by atoms with Crippen LogP contribution in [0.15, 0.2) is 41.1 Å². The normalized spacial score (nSPS) is 12.1. The van der Waals surface area contributed by atoms with Crippen LogP contribution in [-0.4, -0.2) is 28.0 Å². The summed E-state index contributed by atoms with van der Waals surface area (Å²) in [5.41, 5.74) is 6.73. The van der Waals surface area contributed by atoms with Gasteiger partial charge in [0.15, 0.2) is 5.82 Å². The van der Waals surface area contributed by atoms with Crippen molar-refractivity contribution >= 4 is 28.5 Å². The Bertz CT molecular complexity index is 898. The van der Waals surface area contributed by atoms with Crippen molar-refractivity contribution in [2.45, 2.75) is 26.3 Å². The van der Waals surface area contributed by atoms with Gasteiger partial charge in [0.05, 0.1) is 5.56 Å². The molecule has 0 bridgehead atoms. The van der Waals surface area contributed by atoms with E-state index in [0.717, 1.165) is 10.9 Å². The zero-order valence-corrected chi connectivity index (χ0v) is 13.9. The number of amides is 2. The van der Waals surface area contributed by atoms with Crippen molar-refractivity contribution in [3.63, 3.8) is 0 Å². The van der Waals surface area contributed by atoms with Gasteiger partial charge in [-0.2, -0.15) is 0 Å². The fourth-order valence-corrected chi connectivity index (χ4v) is 2.47. The van der Waals surface area contributed by atoms with Gasteiger partial charge in [0, 0.05) is 23.2 Å². The number of fused-ring (bicyclic) bond motifs is 1. The summed E-state index contributed by atoms with van der Waals surface area (Å²) in [6, 6.07) is 8.52. The largest absolute Gasteiger partial charge is 0.360 e. The number of H-pyrrole nitrogens is 1. The lowest BCUT2D eigenvalue weighted by Crippen LogP contribution is -2.49. The average Bonchev–Trinajstić information content (AvgIpc) is 3.21. The van der Waals surface area contributed by atoms with Crippen molar-refractivity contribution in [2.24, 2.45) is 0 Å². The lowest BCUT2D eigenvalue weighted by atomic mass is 10.1. The van der Waals surface area contributed by atoms with Gasteiger partial charge < -0.3 is 14.8 Å². The Morgan fingerprint density at radius 1 is 1.32 bits per heavy atom. The van der Waals surface area contributed by atoms with Crippen LogP contribution in [0.3, 0.4) is 0 Å². The molecule has 0 saturated heterocycles. The highest BCUT2D eigenvalue weighted by molar-refractivity contribution is 6.06. The molecule has 3 aromatic rings. The van der Waals surface area contributed by atoms with Crippen LogP contribution in [-0.2, 0) is 4.79 Å². The van der Waals surface area contributed by atoms with Crippen LogP contribution in [0.25, 0.3) is 10.9 Å². The molecular weight excluding hydrogens is 322 g/mol. The Hall–Kier alpha value is -3.13. The molecule has 0 aliphatic carbocycles. The summed E-state index contributed by atoms with van der Waals surface area (Å²) >= 11 is 0. The molecule has 8 nitrogen and oxygen atoms in total. The number of rotatable bonds is 6. The fraction of sp³-hybridized carbons (Fsp3) is 0.235. The van der Waals surface area contributed by atoms with Gasteiger partial charge in [0.2, 0.25) is 5.91 Å². The van der Waals surface area contributed by atoms with Crippen molar-refractivity contribution in [2.75, 3.05) is 5.32 Å². The molecule has 130 valence electrons. The molecule has 0 fully saturated rings. The third-order valence-corrected chi connectivity index (χ3v) is 3.80. The van der Waals surface area contributed by atoms with Crippen molar-refractivity contribution in [3.05, 3.63) is 47.9 Å². The first-order chi connectivity index (χ1) is 12.1. The van der Waals surface area contributed by atoms with E-state index in [1.54, 1.807) is 19.2 Å². The zero-order chi connectivity index (χ0) is 17.8. The topological polar surface area (TPSA) is 112 Å². The molecule has 0 saturated carbocycles. The van der Waals surface area contributed by atoms with E-state index < -0.39 is 6.04 Å². The van der Waals surface area contributed by atoms with E-state index in [1.807, 2.05) is 31.2 Å². The Kier molecular flexibility index (Phi) is 4.80. The SMILES string of the molecule is CCC(NNC(=O)c1c[nH]c2ccccc12)C(=O)Nc1cc(C)on1. The monoisotopic (exact) mass is 341 g/mol. The Labute approximate surface area is 143 Å². The maximum absolute atomic E-state index is 12.4. The molecule has 0 aliphatic heterocycles. The molecule has 1 unspecified atom stereocenters. The average molecular weight is 341 g/mol. The van der Waals surface area contributed by atoms with E-state index in [9.17, 15) is 9.59 Å². The molecule has 2 heterocycles. The number of hydrogen-bond donors (Lipinski definition) is 4. The first kappa shape index (κ1) is 16.7. The number of para-hydroxylation sites is 1. The van der Waals surface area contributed by atoms with E-state index in [0.29, 0.717) is 23.6 Å². The lowest BCUT2D eigenvalue weighted by Gasteiger charge is -2.16. The first-order valence-corrected chi connectivity index (χ1v) is 7.94. The third kappa shape index (κ3) is 3.69. The summed E-state index contributed by atoms with van der Waals surface area (Å²) in [6.07, 6.45) is 2.12. The van der Waals surface area contributed by atoms with Gasteiger partial charge >= 0.3 is 0 Å². The van der Waals surface area contributed by atoms with Crippen LogP contribution in [0.1, 0.15) is 29.5 Å². The van der Waals surface area contributed by atoms with E-state index in [4.69, 9.17) is 4.52 Å². The molecule has 0 radical (unpaired) electrons. The van der Waals surface area contributed by atoms with E-state index in [1.165, 1.54) is 0 Å². The number of aryl methyl sites for hydroxylation is 1. The van der Waals surface area contributed by atoms with Crippen molar-refractivity contribution in [1.82, 2.24) is 21.0 Å². The molecule has 25 heavy (non-hydrogen) atoms. The Balaban J connectivity index is 1.62. The van der Waals surface area contributed by atoms with Crippen LogP contribution >= 0.6 is 0 Å². The molecule has 3 rings (SSSR count). The van der Waals surface area contributed by atoms with Crippen LogP contribution < -0.4 is 16.2 Å². The highest BCUT2D eigenvalue weighted by Crippen LogP contribution is 2.17. The number of anilines is 1. The fourth-order valence-electron chi connectivity index (χ4n) is 2.47. The van der Waals surface area contributed by atoms with Crippen LogP contribution in [0.4, 0.5) is 5.82 Å². The van der Waals surface area contributed by atoms with E-state index in [-0.39, 0.29) is 11.8 Å². The summed E-state index contributed by atoms with van der Waals surface area (Å²) in [5, 5.41) is 7.17. The third-order valence-electron chi connectivity index (χ3n) is 3.80. The molecule has 0 spiro atoms. The highest BCUT2D eigenvalue weighted by atomic mass is 16.5. The van der Waals surface area contributed by atoms with Gasteiger partial charge in [-0.3, -0.25) is 15.0 Å². The molecule has 8 heteroatoms. The van der Waals surface area contributed by atoms with E-state index >= 15 is 0 Å². The summed E-state index contributed by atoms with van der Waals surface area (Å²) in [6.45, 7) is 3.57. The summed E-state index contributed by atoms with van der Waals surface area (Å²) < 4.78 is 4.91. The molecule has 2 amide bonds. The number of carbonyl (C=O) groups is 2. The minimum atomic E-state index is -0.605. The number of aromatic nitrogens is 2. The van der Waals surface area contributed by atoms with Gasteiger partial charge in [0.1, 0.15) is 11.8 Å². The van der Waals surface area contributed by atoms with Gasteiger partial charge in [-0.25, -0.2) is 5.43 Å². The summed E-state index contributed by atoms with van der Waals surface area (Å²) in [4.78, 5) is 27.7. The smallest absolute Gasteiger partial charge is 0.267 e. The number of carbonyl (C=O) groups excluding carboxylic acids is 2. The Morgan fingerprint density at radius 2 is 2.12 bits per heavy atom. The predicted octanol–water partition coefficient (Wildman–Crippen LogP) is 2.12. The number of benzene rings is 1. The van der Waals surface area contributed by atoms with Crippen LogP contribution in [0.2, 0.25) is 0 Å². The predicted molar refractivity (Wildman–Crippen MR) is 92.8 cm³/mol. The number of hydrazine groups is 1. The van der Waals surface area contributed by atoms with Crippen molar-refractivity contribution < 1.29 is 14.1 Å². The highest BCUT2D eigenvalue weighted by Gasteiger charge is 2.19. The van der Waals surface area contributed by atoms with E-state index in [2.05, 4.69) is 26.3 Å². The Morgan fingerprint density at radius 3 is 2.84 bits per heavy atom. The molecule has 1 aromatic carbocycles. The second-order valence-electron chi connectivity index (χ2n) is 5.62. The minimum Gasteiger partial charge on any atom is -0.360 e. The quantitative estimate of drug-likeness (QED) is 0.513. The second kappa shape index (κ2) is 7.18. The van der Waals surface area contributed by atoms with Crippen molar-refractivity contribution in [1.29, 1.82) is 0 Å². The maximum Gasteiger partial charge on any atom is 0.267 e. The second-order valence-corrected chi connectivity index (χ2v) is 5.62. The summed E-state index contributed by atoms with van der Waals surface area (Å²) in [7, 11) is 0. The number of nitrogens with zero attached hydrogens (tertiary/aromatic N) is 1. The molecule has 1 atom stereocenters. The summed E-state index contributed by atoms with van der Waals surface area (Å²) in [5.74, 6) is 0.311. The standard InChI is InChI=1S/C17H19N5O3/c1-3-13(17(24)19-15-8-10(2)25-22-15)20-21-16(23)12-9-18-14-7-5-4-6-11(12)14/h4-9,13,18,20H,3H2,1-2H3,(H,21,23)(H,19,22,24). The molecular formula is C17H19N5O3. The number of hydrogen-bond acceptors (Lipinski definition) is 5. The maximum atomic E-state index is 12.4. The van der Waals surface area contributed by atoms with Gasteiger partial charge in [-0.05, 0) is 19.4 Å². The molecule has 4 N–H and O–H groups in total. The first-order valence-electron chi connectivity index (χ1n) is 7.94. The number of nitrogens with one attached hydrogen (secondary N) is 4. The van der Waals surface area contributed by atoms with Crippen LogP contribution in [0, 0.1) is 6.92 Å². The van der Waals surface area contributed by atoms with Crippen LogP contribution in [0.5, 0.6) is 0 Å². The minimum absolute atomic E-state index is 0.310. The lowest BCUT2D eigenvalue weighted by molar-refractivity contribution is -0.118. The van der Waals surface area contributed by atoms with Gasteiger partial charge in [0.25, 0.3) is 5.91 Å². The van der Waals surface area contributed by atoms with Crippen molar-refractivity contribution in [3.8, 4) is 0 Å².